The van der Waals surface area contributed by atoms with E-state index in [0.29, 0.717) is 22.6 Å². The smallest absolute Gasteiger partial charge is 0.338 e. The van der Waals surface area contributed by atoms with Crippen molar-refractivity contribution in [1.82, 2.24) is 0 Å². The summed E-state index contributed by atoms with van der Waals surface area (Å²) in [7, 11) is 2.66. The molecule has 0 aliphatic carbocycles. The van der Waals surface area contributed by atoms with Crippen LogP contribution in [0.3, 0.4) is 0 Å². The topological polar surface area (TPSA) is 64.6 Å². The van der Waals surface area contributed by atoms with E-state index >= 15 is 0 Å². The van der Waals surface area contributed by atoms with Gasteiger partial charge in [-0.1, -0.05) is 30.3 Å². The maximum Gasteiger partial charge on any atom is 0.338 e. The Labute approximate surface area is 146 Å². The molecule has 2 aromatic carbocycles. The van der Waals surface area contributed by atoms with Crippen LogP contribution in [0, 0.1) is 0 Å². The zero-order valence-electron chi connectivity index (χ0n) is 13.5. The van der Waals surface area contributed by atoms with E-state index in [1.165, 1.54) is 14.2 Å². The fourth-order valence-corrected chi connectivity index (χ4v) is 2.64. The molecule has 0 fully saturated rings. The quantitative estimate of drug-likeness (QED) is 0.622. The molecule has 0 saturated heterocycles. The lowest BCUT2D eigenvalue weighted by atomic mass is 9.97. The number of thiol groups is 1. The summed E-state index contributed by atoms with van der Waals surface area (Å²) in [6.07, 6.45) is 0.503. The molecule has 2 aromatic rings. The van der Waals surface area contributed by atoms with Crippen LogP contribution in [0.2, 0.25) is 0 Å². The lowest BCUT2D eigenvalue weighted by Crippen LogP contribution is -2.18. The largest absolute Gasteiger partial charge is 0.468 e. The minimum Gasteiger partial charge on any atom is -0.468 e. The average Bonchev–Trinajstić information content (AvgIpc) is 2.61. The molecule has 0 heterocycles. The van der Waals surface area contributed by atoms with E-state index in [-0.39, 0.29) is 6.54 Å². The first kappa shape index (κ1) is 17.9. The highest BCUT2D eigenvalue weighted by molar-refractivity contribution is 7.80. The van der Waals surface area contributed by atoms with Gasteiger partial charge in [0.2, 0.25) is 0 Å². The summed E-state index contributed by atoms with van der Waals surface area (Å²) in [5, 5.41) is 3.01. The van der Waals surface area contributed by atoms with Crippen molar-refractivity contribution >= 4 is 30.3 Å². The Balaban J connectivity index is 2.46. The molecule has 2 rings (SSSR count). The minimum absolute atomic E-state index is 0.0174. The highest BCUT2D eigenvalue weighted by Gasteiger charge is 2.18. The molecule has 1 N–H and O–H groups in total. The molecule has 0 bridgehead atoms. The number of methoxy groups -OCH3 is 2. The summed E-state index contributed by atoms with van der Waals surface area (Å²) >= 11 is 4.44. The van der Waals surface area contributed by atoms with Crippen molar-refractivity contribution in [3.8, 4) is 0 Å². The van der Waals surface area contributed by atoms with Gasteiger partial charge >= 0.3 is 11.9 Å². The third-order valence-corrected chi connectivity index (χ3v) is 3.93. The van der Waals surface area contributed by atoms with Crippen LogP contribution in [0.4, 0.5) is 5.69 Å². The Morgan fingerprint density at radius 1 is 1.04 bits per heavy atom. The second-order valence-corrected chi connectivity index (χ2v) is 5.55. The Bertz CT molecular complexity index is 731. The number of nitrogens with one attached hydrogen (secondary N) is 1. The minimum atomic E-state index is -0.435. The lowest BCUT2D eigenvalue weighted by molar-refractivity contribution is -0.138. The van der Waals surface area contributed by atoms with Gasteiger partial charge in [-0.25, -0.2) is 4.79 Å². The summed E-state index contributed by atoms with van der Waals surface area (Å²) in [6, 6.07) is 13.1. The Hall–Kier alpha value is -2.47. The van der Waals surface area contributed by atoms with Crippen LogP contribution in [0.5, 0.6) is 0 Å². The molecule has 0 aliphatic heterocycles. The second kappa shape index (κ2) is 8.40. The molecular formula is C18H19NO4S. The van der Waals surface area contributed by atoms with Crippen LogP contribution in [-0.4, -0.2) is 32.7 Å². The predicted molar refractivity (Wildman–Crippen MR) is 94.8 cm³/mol. The second-order valence-electron chi connectivity index (χ2n) is 5.07. The molecule has 0 amide bonds. The Kier molecular flexibility index (Phi) is 6.26. The number of ether oxygens (including phenoxy) is 2. The first-order valence-corrected chi connectivity index (χ1v) is 7.79. The molecule has 0 aliphatic rings. The number of anilines is 1. The molecule has 0 aromatic heterocycles. The molecule has 0 unspecified atom stereocenters. The molecule has 24 heavy (non-hydrogen) atoms. The number of carbonyl (C=O) groups is 2. The fraction of sp³-hybridized carbons (Fsp3) is 0.222. The van der Waals surface area contributed by atoms with Crippen LogP contribution in [-0.2, 0) is 20.7 Å². The SMILES string of the molecule is COC(=O)CNc1c(S)ccc(C(=O)OC)c1Cc1ccccc1. The van der Waals surface area contributed by atoms with Crippen LogP contribution < -0.4 is 5.32 Å². The standard InChI is InChI=1S/C18H19NO4S/c1-22-16(20)11-19-17-14(10-12-6-4-3-5-7-12)13(18(21)23-2)8-9-15(17)24/h3-9,19,24H,10-11H2,1-2H3. The van der Waals surface area contributed by atoms with Crippen LogP contribution in [0.25, 0.3) is 0 Å². The molecule has 126 valence electrons. The van der Waals surface area contributed by atoms with E-state index < -0.39 is 11.9 Å². The van der Waals surface area contributed by atoms with Crippen LogP contribution in [0.15, 0.2) is 47.4 Å². The maximum absolute atomic E-state index is 12.1. The van der Waals surface area contributed by atoms with Crippen molar-refractivity contribution < 1.29 is 19.1 Å². The maximum atomic E-state index is 12.1. The molecule has 6 heteroatoms. The summed E-state index contributed by atoms with van der Waals surface area (Å²) in [4.78, 5) is 24.2. The molecule has 5 nitrogen and oxygen atoms in total. The number of carbonyl (C=O) groups excluding carboxylic acids is 2. The molecule has 0 atom stereocenters. The Morgan fingerprint density at radius 2 is 1.75 bits per heavy atom. The molecule has 0 spiro atoms. The fourth-order valence-electron chi connectivity index (χ4n) is 2.35. The predicted octanol–water partition coefficient (Wildman–Crippen LogP) is 2.94. The van der Waals surface area contributed by atoms with Gasteiger partial charge < -0.3 is 14.8 Å². The van der Waals surface area contributed by atoms with E-state index in [2.05, 4.69) is 22.7 Å². The van der Waals surface area contributed by atoms with Crippen molar-refractivity contribution in [2.24, 2.45) is 0 Å². The van der Waals surface area contributed by atoms with Gasteiger partial charge in [-0.3, -0.25) is 4.79 Å². The van der Waals surface area contributed by atoms with Gasteiger partial charge in [-0.15, -0.1) is 12.6 Å². The van der Waals surface area contributed by atoms with Gasteiger partial charge in [0.25, 0.3) is 0 Å². The zero-order valence-corrected chi connectivity index (χ0v) is 14.4. The van der Waals surface area contributed by atoms with Crippen LogP contribution in [0.1, 0.15) is 21.5 Å². The number of rotatable bonds is 6. The Morgan fingerprint density at radius 3 is 2.38 bits per heavy atom. The van der Waals surface area contributed by atoms with Crippen molar-refractivity contribution in [2.45, 2.75) is 11.3 Å². The van der Waals surface area contributed by atoms with Gasteiger partial charge in [0.1, 0.15) is 6.54 Å². The normalized spacial score (nSPS) is 10.1. The highest BCUT2D eigenvalue weighted by Crippen LogP contribution is 2.30. The number of hydrogen-bond acceptors (Lipinski definition) is 6. The molecular weight excluding hydrogens is 326 g/mol. The summed E-state index contributed by atoms with van der Waals surface area (Å²) in [6.45, 7) is -0.0174. The van der Waals surface area contributed by atoms with E-state index in [1.807, 2.05) is 30.3 Å². The van der Waals surface area contributed by atoms with Crippen molar-refractivity contribution in [3.63, 3.8) is 0 Å². The van der Waals surface area contributed by atoms with Crippen molar-refractivity contribution in [3.05, 3.63) is 59.2 Å². The number of esters is 2. The summed E-state index contributed by atoms with van der Waals surface area (Å²) in [5.41, 5.74) is 2.81. The number of benzene rings is 2. The van der Waals surface area contributed by atoms with Gasteiger partial charge in [0.05, 0.1) is 25.5 Å². The van der Waals surface area contributed by atoms with E-state index in [9.17, 15) is 9.59 Å². The zero-order chi connectivity index (χ0) is 17.5. The molecule has 0 saturated carbocycles. The first-order valence-electron chi connectivity index (χ1n) is 7.34. The van der Waals surface area contributed by atoms with E-state index in [4.69, 9.17) is 4.74 Å². The summed E-state index contributed by atoms with van der Waals surface area (Å²) < 4.78 is 9.52. The number of hydrogen-bond donors (Lipinski definition) is 2. The first-order chi connectivity index (χ1) is 11.6. The van der Waals surface area contributed by atoms with E-state index in [1.54, 1.807) is 12.1 Å². The van der Waals surface area contributed by atoms with Gasteiger partial charge in [-0.2, -0.15) is 0 Å². The average molecular weight is 345 g/mol. The third-order valence-electron chi connectivity index (χ3n) is 3.56. The molecule has 0 radical (unpaired) electrons. The van der Waals surface area contributed by atoms with Gasteiger partial charge in [0, 0.05) is 11.3 Å². The highest BCUT2D eigenvalue weighted by atomic mass is 32.1. The van der Waals surface area contributed by atoms with Gasteiger partial charge in [0.15, 0.2) is 0 Å². The third kappa shape index (κ3) is 4.29. The van der Waals surface area contributed by atoms with Crippen LogP contribution >= 0.6 is 12.6 Å². The summed E-state index contributed by atoms with van der Waals surface area (Å²) in [5.74, 6) is -0.841. The monoisotopic (exact) mass is 345 g/mol. The van der Waals surface area contributed by atoms with Gasteiger partial charge in [-0.05, 0) is 23.3 Å². The lowest BCUT2D eigenvalue weighted by Gasteiger charge is -2.17. The van der Waals surface area contributed by atoms with Crippen molar-refractivity contribution in [1.29, 1.82) is 0 Å². The van der Waals surface area contributed by atoms with Crippen molar-refractivity contribution in [2.75, 3.05) is 26.1 Å². The van der Waals surface area contributed by atoms with E-state index in [0.717, 1.165) is 11.1 Å².